The average Bonchev–Trinajstić information content (AvgIpc) is 2.62. The van der Waals surface area contributed by atoms with Crippen molar-refractivity contribution in [3.05, 3.63) is 46.5 Å². The molecule has 0 aromatic heterocycles. The molecule has 2 aliphatic carbocycles. The van der Waals surface area contributed by atoms with E-state index in [-0.39, 0.29) is 17.5 Å². The number of hydrogen-bond donors (Lipinski definition) is 1. The third kappa shape index (κ3) is 2.44. The minimum Gasteiger partial charge on any atom is -0.305 e. The van der Waals surface area contributed by atoms with Crippen molar-refractivity contribution in [1.82, 2.24) is 0 Å². The van der Waals surface area contributed by atoms with Gasteiger partial charge < -0.3 is 5.41 Å². The summed E-state index contributed by atoms with van der Waals surface area (Å²) in [6, 6.07) is 13.6. The number of hydrogen-bond acceptors (Lipinski definition) is 4. The molecule has 3 rings (SSSR count). The third-order valence-electron chi connectivity index (χ3n) is 5.48. The van der Waals surface area contributed by atoms with Crippen LogP contribution in [0.2, 0.25) is 5.02 Å². The SMILES string of the molecule is C[C@H]1CC=C2[C@H](C1)[C@H](c1ccccc1Cl)[C@@H](C#N)C(=N)C2(C#N)C#N. The van der Waals surface area contributed by atoms with Crippen molar-refractivity contribution in [3.8, 4) is 18.2 Å². The van der Waals surface area contributed by atoms with Gasteiger partial charge in [-0.1, -0.05) is 42.8 Å². The zero-order chi connectivity index (χ0) is 18.2. The summed E-state index contributed by atoms with van der Waals surface area (Å²) < 4.78 is 0. The Morgan fingerprint density at radius 3 is 2.48 bits per heavy atom. The minimum absolute atomic E-state index is 0.123. The molecule has 4 atom stereocenters. The highest BCUT2D eigenvalue weighted by Gasteiger charge is 2.56. The fourth-order valence-corrected chi connectivity index (χ4v) is 4.53. The molecule has 4 nitrogen and oxygen atoms in total. The molecule has 0 heterocycles. The van der Waals surface area contributed by atoms with E-state index in [9.17, 15) is 15.8 Å². The van der Waals surface area contributed by atoms with Gasteiger partial charge in [0.2, 0.25) is 5.41 Å². The van der Waals surface area contributed by atoms with Crippen LogP contribution < -0.4 is 0 Å². The van der Waals surface area contributed by atoms with Crippen LogP contribution in [0.3, 0.4) is 0 Å². The molecule has 0 aliphatic heterocycles. The lowest BCUT2D eigenvalue weighted by Crippen LogP contribution is -2.48. The molecule has 25 heavy (non-hydrogen) atoms. The molecule has 1 N–H and O–H groups in total. The molecular formula is C20H17ClN4. The summed E-state index contributed by atoms with van der Waals surface area (Å²) in [4.78, 5) is 0. The van der Waals surface area contributed by atoms with Crippen LogP contribution in [0, 0.1) is 62.6 Å². The van der Waals surface area contributed by atoms with E-state index in [1.165, 1.54) is 0 Å². The van der Waals surface area contributed by atoms with Crippen LogP contribution in [-0.4, -0.2) is 5.71 Å². The first-order valence-electron chi connectivity index (χ1n) is 8.26. The van der Waals surface area contributed by atoms with Crippen molar-refractivity contribution in [2.45, 2.75) is 25.7 Å². The first-order chi connectivity index (χ1) is 12.0. The van der Waals surface area contributed by atoms with Gasteiger partial charge in [-0.25, -0.2) is 0 Å². The number of allylic oxidation sites excluding steroid dienone is 2. The monoisotopic (exact) mass is 348 g/mol. The quantitative estimate of drug-likeness (QED) is 0.751. The summed E-state index contributed by atoms with van der Waals surface area (Å²) in [6.45, 7) is 2.12. The van der Waals surface area contributed by atoms with E-state index in [1.807, 2.05) is 36.4 Å². The summed E-state index contributed by atoms with van der Waals surface area (Å²) in [5, 5.41) is 38.4. The highest BCUT2D eigenvalue weighted by Crippen LogP contribution is 2.55. The maximum Gasteiger partial charge on any atom is 0.203 e. The van der Waals surface area contributed by atoms with Gasteiger partial charge in [0, 0.05) is 10.9 Å². The molecule has 1 saturated carbocycles. The van der Waals surface area contributed by atoms with Gasteiger partial charge >= 0.3 is 0 Å². The van der Waals surface area contributed by atoms with Gasteiger partial charge in [0.05, 0.1) is 29.8 Å². The Hall–Kier alpha value is -2.61. The number of nitrogens with one attached hydrogen (secondary N) is 1. The van der Waals surface area contributed by atoms with Gasteiger partial charge in [-0.3, -0.25) is 0 Å². The van der Waals surface area contributed by atoms with Crippen molar-refractivity contribution in [3.63, 3.8) is 0 Å². The number of nitriles is 3. The number of halogens is 1. The van der Waals surface area contributed by atoms with Crippen LogP contribution in [0.15, 0.2) is 35.9 Å². The van der Waals surface area contributed by atoms with Crippen molar-refractivity contribution < 1.29 is 0 Å². The summed E-state index contributed by atoms with van der Waals surface area (Å²) in [7, 11) is 0. The fraction of sp³-hybridized carbons (Fsp3) is 0.400. The Kier molecular flexibility index (Phi) is 4.38. The molecule has 1 fully saturated rings. The zero-order valence-corrected chi connectivity index (χ0v) is 14.6. The Bertz CT molecular complexity index is 866. The summed E-state index contributed by atoms with van der Waals surface area (Å²) in [6.07, 6.45) is 3.49. The molecule has 0 amide bonds. The second kappa shape index (κ2) is 6.36. The van der Waals surface area contributed by atoms with Crippen LogP contribution in [0.5, 0.6) is 0 Å². The predicted octanol–water partition coefficient (Wildman–Crippen LogP) is 4.60. The molecule has 5 heteroatoms. The van der Waals surface area contributed by atoms with Crippen LogP contribution in [0.25, 0.3) is 0 Å². The topological polar surface area (TPSA) is 95.2 Å². The van der Waals surface area contributed by atoms with Gasteiger partial charge in [-0.05, 0) is 41.9 Å². The summed E-state index contributed by atoms with van der Waals surface area (Å²) >= 11 is 6.40. The summed E-state index contributed by atoms with van der Waals surface area (Å²) in [5.74, 6) is -0.899. The molecule has 0 saturated heterocycles. The smallest absolute Gasteiger partial charge is 0.203 e. The Labute approximate surface area is 152 Å². The van der Waals surface area contributed by atoms with Crippen molar-refractivity contribution in [1.29, 1.82) is 21.2 Å². The Morgan fingerprint density at radius 1 is 1.20 bits per heavy atom. The lowest BCUT2D eigenvalue weighted by molar-refractivity contribution is 0.299. The highest BCUT2D eigenvalue weighted by atomic mass is 35.5. The van der Waals surface area contributed by atoms with E-state index in [1.54, 1.807) is 6.07 Å². The van der Waals surface area contributed by atoms with Gasteiger partial charge in [-0.15, -0.1) is 0 Å². The molecule has 0 spiro atoms. The van der Waals surface area contributed by atoms with E-state index < -0.39 is 11.3 Å². The van der Waals surface area contributed by atoms with E-state index in [2.05, 4.69) is 13.0 Å². The predicted molar refractivity (Wildman–Crippen MR) is 94.7 cm³/mol. The average molecular weight is 349 g/mol. The van der Waals surface area contributed by atoms with Crippen LogP contribution >= 0.6 is 11.6 Å². The molecule has 1 aromatic rings. The van der Waals surface area contributed by atoms with Gasteiger partial charge in [-0.2, -0.15) is 15.8 Å². The van der Waals surface area contributed by atoms with E-state index in [0.717, 1.165) is 18.4 Å². The van der Waals surface area contributed by atoms with E-state index in [4.69, 9.17) is 17.0 Å². The maximum atomic E-state index is 9.79. The van der Waals surface area contributed by atoms with Gasteiger partial charge in [0.15, 0.2) is 0 Å². The molecule has 1 aromatic carbocycles. The standard InChI is InChI=1S/C20H17ClN4/c1-12-6-7-16-14(8-12)18(13-4-2-3-5-17(13)21)15(9-22)19(25)20(16,10-23)11-24/h2-5,7,12,14-15,18,25H,6,8H2,1H3/t12-,14-,15+,18-/m0/s1. The largest absolute Gasteiger partial charge is 0.305 e. The molecule has 0 radical (unpaired) electrons. The second-order valence-electron chi connectivity index (χ2n) is 6.88. The normalized spacial score (nSPS) is 30.2. The lowest BCUT2D eigenvalue weighted by Gasteiger charge is -2.46. The van der Waals surface area contributed by atoms with Crippen molar-refractivity contribution in [2.75, 3.05) is 0 Å². The molecule has 0 bridgehead atoms. The molecule has 2 aliphatic rings. The Morgan fingerprint density at radius 2 is 1.88 bits per heavy atom. The highest BCUT2D eigenvalue weighted by molar-refractivity contribution is 6.31. The first kappa shape index (κ1) is 17.2. The second-order valence-corrected chi connectivity index (χ2v) is 7.29. The molecule has 124 valence electrons. The first-order valence-corrected chi connectivity index (χ1v) is 8.64. The number of rotatable bonds is 1. The molecule has 0 unspecified atom stereocenters. The number of benzene rings is 1. The lowest BCUT2D eigenvalue weighted by atomic mass is 9.53. The van der Waals surface area contributed by atoms with Crippen LogP contribution in [0.4, 0.5) is 0 Å². The Balaban J connectivity index is 2.26. The minimum atomic E-state index is -1.64. The van der Waals surface area contributed by atoms with Crippen molar-refractivity contribution >= 4 is 17.3 Å². The fourth-order valence-electron chi connectivity index (χ4n) is 4.27. The number of nitrogens with zero attached hydrogens (tertiary/aromatic N) is 3. The molecular weight excluding hydrogens is 332 g/mol. The maximum absolute atomic E-state index is 9.79. The van der Waals surface area contributed by atoms with Crippen LogP contribution in [-0.2, 0) is 0 Å². The van der Waals surface area contributed by atoms with Gasteiger partial charge in [0.1, 0.15) is 0 Å². The number of fused-ring (bicyclic) bond motifs is 1. The van der Waals surface area contributed by atoms with Crippen molar-refractivity contribution in [2.24, 2.45) is 23.2 Å². The van der Waals surface area contributed by atoms with Crippen LogP contribution in [0.1, 0.15) is 31.2 Å². The zero-order valence-electron chi connectivity index (χ0n) is 13.8. The van der Waals surface area contributed by atoms with E-state index in [0.29, 0.717) is 16.5 Å². The summed E-state index contributed by atoms with van der Waals surface area (Å²) in [5.41, 5.74) is -0.267. The third-order valence-corrected chi connectivity index (χ3v) is 5.82. The van der Waals surface area contributed by atoms with Gasteiger partial charge in [0.25, 0.3) is 0 Å². The van der Waals surface area contributed by atoms with E-state index >= 15 is 0 Å².